The molecule has 0 aliphatic rings. The topological polar surface area (TPSA) is 77.0 Å². The van der Waals surface area contributed by atoms with Crippen molar-refractivity contribution in [2.24, 2.45) is 0 Å². The van der Waals surface area contributed by atoms with Crippen LogP contribution in [-0.4, -0.2) is 15.0 Å². The van der Waals surface area contributed by atoms with Gasteiger partial charge in [-0.25, -0.2) is 0 Å². The average molecular weight is 304 g/mol. The number of fused-ring (bicyclic) bond motifs is 1. The minimum atomic E-state index is 0. The standard InChI is InChI=1S/C10H7N4O2.Y/c1-2-7(15-3-1)4-11-9-8-10(13-5-12-9)14-6-16-8;/h1-3,6H,4H2,(H,11,12,13);/q-1;. The third-order valence-electron chi connectivity index (χ3n) is 2.09. The fourth-order valence-corrected chi connectivity index (χ4v) is 1.36. The molecular formula is C10H7N4O2Y-. The summed E-state index contributed by atoms with van der Waals surface area (Å²) in [6.45, 7) is 0.521. The third-order valence-corrected chi connectivity index (χ3v) is 2.09. The minimum absolute atomic E-state index is 0. The SMILES string of the molecule is [Y].[c-]1nc(NCc2ccco2)c2ocnc2n1. The third kappa shape index (κ3) is 2.53. The Labute approximate surface area is 122 Å². The van der Waals surface area contributed by atoms with Crippen molar-refractivity contribution in [1.82, 2.24) is 15.0 Å². The van der Waals surface area contributed by atoms with E-state index < -0.39 is 0 Å². The molecule has 1 N–H and O–H groups in total. The molecule has 0 bridgehead atoms. The molecule has 0 aromatic carbocycles. The van der Waals surface area contributed by atoms with Crippen LogP contribution >= 0.6 is 0 Å². The number of rotatable bonds is 3. The van der Waals surface area contributed by atoms with Crippen molar-refractivity contribution in [2.45, 2.75) is 6.54 Å². The van der Waals surface area contributed by atoms with Crippen LogP contribution in [0.1, 0.15) is 5.76 Å². The Morgan fingerprint density at radius 1 is 1.29 bits per heavy atom. The summed E-state index contributed by atoms with van der Waals surface area (Å²) >= 11 is 0. The molecule has 83 valence electrons. The number of hydrogen-bond donors (Lipinski definition) is 1. The zero-order valence-corrected chi connectivity index (χ0v) is 11.6. The minimum Gasteiger partial charge on any atom is -0.468 e. The van der Waals surface area contributed by atoms with Gasteiger partial charge in [-0.3, -0.25) is 4.98 Å². The first kappa shape index (κ1) is 12.2. The van der Waals surface area contributed by atoms with Gasteiger partial charge < -0.3 is 24.1 Å². The zero-order chi connectivity index (χ0) is 10.8. The number of furan rings is 1. The maximum atomic E-state index is 5.19. The van der Waals surface area contributed by atoms with Crippen LogP contribution in [0, 0.1) is 6.33 Å². The summed E-state index contributed by atoms with van der Waals surface area (Å²) in [4.78, 5) is 11.7. The summed E-state index contributed by atoms with van der Waals surface area (Å²) in [6, 6.07) is 3.70. The Morgan fingerprint density at radius 3 is 3.06 bits per heavy atom. The predicted octanol–water partition coefficient (Wildman–Crippen LogP) is 1.62. The van der Waals surface area contributed by atoms with E-state index in [-0.39, 0.29) is 32.7 Å². The van der Waals surface area contributed by atoms with E-state index >= 15 is 0 Å². The van der Waals surface area contributed by atoms with E-state index in [2.05, 4.69) is 26.6 Å². The molecule has 3 aromatic rings. The molecule has 0 unspecified atom stereocenters. The summed E-state index contributed by atoms with van der Waals surface area (Å²) in [6.07, 6.45) is 5.45. The Bertz CT molecular complexity index is 593. The maximum Gasteiger partial charge on any atom is 0.168 e. The molecule has 1 radical (unpaired) electrons. The van der Waals surface area contributed by atoms with E-state index in [4.69, 9.17) is 8.83 Å². The molecule has 0 saturated carbocycles. The van der Waals surface area contributed by atoms with Crippen molar-refractivity contribution in [1.29, 1.82) is 0 Å². The number of nitrogens with zero attached hydrogens (tertiary/aromatic N) is 3. The van der Waals surface area contributed by atoms with Crippen LogP contribution in [-0.2, 0) is 39.3 Å². The molecule has 3 heterocycles. The van der Waals surface area contributed by atoms with Gasteiger partial charge in [0.2, 0.25) is 0 Å². The van der Waals surface area contributed by atoms with Crippen molar-refractivity contribution >= 4 is 17.0 Å². The molecule has 0 saturated heterocycles. The van der Waals surface area contributed by atoms with Crippen molar-refractivity contribution in [3.8, 4) is 0 Å². The van der Waals surface area contributed by atoms with Crippen molar-refractivity contribution in [2.75, 3.05) is 5.32 Å². The zero-order valence-electron chi connectivity index (χ0n) is 8.75. The largest absolute Gasteiger partial charge is 0.468 e. The summed E-state index contributed by atoms with van der Waals surface area (Å²) in [5, 5.41) is 3.07. The first-order chi connectivity index (χ1) is 7.93. The fraction of sp³-hybridized carbons (Fsp3) is 0.100. The number of anilines is 1. The second-order valence-electron chi connectivity index (χ2n) is 3.11. The second-order valence-corrected chi connectivity index (χ2v) is 3.11. The van der Waals surface area contributed by atoms with Gasteiger partial charge >= 0.3 is 0 Å². The van der Waals surface area contributed by atoms with Crippen molar-refractivity contribution in [3.63, 3.8) is 0 Å². The van der Waals surface area contributed by atoms with Gasteiger partial charge in [-0.2, -0.15) is 0 Å². The van der Waals surface area contributed by atoms with Gasteiger partial charge in [-0.05, 0) is 12.1 Å². The van der Waals surface area contributed by atoms with Gasteiger partial charge in [0.15, 0.2) is 6.39 Å². The average Bonchev–Trinajstić information content (AvgIpc) is 2.97. The van der Waals surface area contributed by atoms with Crippen LogP contribution in [0.2, 0.25) is 0 Å². The molecule has 0 fully saturated rings. The molecule has 0 aliphatic heterocycles. The van der Waals surface area contributed by atoms with E-state index in [9.17, 15) is 0 Å². The summed E-state index contributed by atoms with van der Waals surface area (Å²) in [5.41, 5.74) is 1.00. The van der Waals surface area contributed by atoms with E-state index in [1.807, 2.05) is 12.1 Å². The van der Waals surface area contributed by atoms with E-state index in [1.54, 1.807) is 6.26 Å². The number of aromatic nitrogens is 3. The van der Waals surface area contributed by atoms with E-state index in [0.717, 1.165) is 5.76 Å². The van der Waals surface area contributed by atoms with Gasteiger partial charge in [0.1, 0.15) is 11.3 Å². The summed E-state index contributed by atoms with van der Waals surface area (Å²) in [5.74, 6) is 1.37. The van der Waals surface area contributed by atoms with Gasteiger partial charge in [-0.1, -0.05) is 0 Å². The number of hydrogen-bond acceptors (Lipinski definition) is 6. The van der Waals surface area contributed by atoms with Gasteiger partial charge in [0.05, 0.1) is 24.3 Å². The molecule has 0 aliphatic carbocycles. The molecular weight excluding hydrogens is 297 g/mol. The Morgan fingerprint density at radius 2 is 2.24 bits per heavy atom. The number of oxazole rings is 1. The van der Waals surface area contributed by atoms with Crippen LogP contribution in [0.4, 0.5) is 5.82 Å². The van der Waals surface area contributed by atoms with Gasteiger partial charge in [0, 0.05) is 39.0 Å². The first-order valence-electron chi connectivity index (χ1n) is 4.67. The Balaban J connectivity index is 0.00000108. The molecule has 7 heteroatoms. The molecule has 17 heavy (non-hydrogen) atoms. The summed E-state index contributed by atoms with van der Waals surface area (Å²) in [7, 11) is 0. The molecule has 3 aromatic heterocycles. The van der Waals surface area contributed by atoms with E-state index in [0.29, 0.717) is 23.6 Å². The summed E-state index contributed by atoms with van der Waals surface area (Å²) < 4.78 is 10.4. The Hall–Kier alpha value is -1.27. The van der Waals surface area contributed by atoms with Crippen molar-refractivity contribution in [3.05, 3.63) is 36.9 Å². The molecule has 0 spiro atoms. The normalized spacial score (nSPS) is 10.1. The van der Waals surface area contributed by atoms with Crippen LogP contribution in [0.25, 0.3) is 11.2 Å². The quantitative estimate of drug-likeness (QED) is 0.741. The monoisotopic (exact) mass is 304 g/mol. The van der Waals surface area contributed by atoms with Crippen LogP contribution in [0.5, 0.6) is 0 Å². The first-order valence-corrected chi connectivity index (χ1v) is 4.67. The van der Waals surface area contributed by atoms with Crippen LogP contribution < -0.4 is 5.32 Å². The maximum absolute atomic E-state index is 5.19. The second kappa shape index (κ2) is 5.38. The van der Waals surface area contributed by atoms with Crippen LogP contribution in [0.3, 0.4) is 0 Å². The number of nitrogens with one attached hydrogen (secondary N) is 1. The predicted molar refractivity (Wildman–Crippen MR) is 54.5 cm³/mol. The van der Waals surface area contributed by atoms with Crippen molar-refractivity contribution < 1.29 is 41.5 Å². The fourth-order valence-electron chi connectivity index (χ4n) is 1.36. The van der Waals surface area contributed by atoms with Crippen LogP contribution in [0.15, 0.2) is 33.6 Å². The Kier molecular flexibility index (Phi) is 3.86. The molecule has 6 nitrogen and oxygen atoms in total. The molecule has 0 atom stereocenters. The van der Waals surface area contributed by atoms with E-state index in [1.165, 1.54) is 6.39 Å². The molecule has 3 rings (SSSR count). The van der Waals surface area contributed by atoms with Gasteiger partial charge in [-0.15, -0.1) is 0 Å². The van der Waals surface area contributed by atoms with Gasteiger partial charge in [0.25, 0.3) is 0 Å². The smallest absolute Gasteiger partial charge is 0.168 e. The molecule has 0 amide bonds.